The number of hydrogen-bond donors (Lipinski definition) is 1. The average Bonchev–Trinajstić information content (AvgIpc) is 2.45. The second-order valence-corrected chi connectivity index (χ2v) is 5.64. The zero-order valence-electron chi connectivity index (χ0n) is 12.9. The van der Waals surface area contributed by atoms with Crippen LogP contribution in [0.2, 0.25) is 0 Å². The summed E-state index contributed by atoms with van der Waals surface area (Å²) < 4.78 is 6.62. The molecule has 0 atom stereocenters. The van der Waals surface area contributed by atoms with E-state index in [9.17, 15) is 0 Å². The molecular formula is C16H27BrN2O. The molecule has 0 saturated heterocycles. The normalized spacial score (nSPS) is 10.8. The molecule has 0 saturated carbocycles. The van der Waals surface area contributed by atoms with E-state index in [4.69, 9.17) is 4.74 Å². The van der Waals surface area contributed by atoms with Gasteiger partial charge < -0.3 is 15.0 Å². The van der Waals surface area contributed by atoms with Gasteiger partial charge in [-0.1, -0.05) is 22.9 Å². The van der Waals surface area contributed by atoms with Gasteiger partial charge in [0.05, 0.1) is 6.61 Å². The fraction of sp³-hybridized carbons (Fsp3) is 0.625. The molecule has 4 heteroatoms. The van der Waals surface area contributed by atoms with Crippen LogP contribution in [0.5, 0.6) is 0 Å². The minimum absolute atomic E-state index is 0.780. The zero-order valence-corrected chi connectivity index (χ0v) is 14.5. The minimum atomic E-state index is 0.780. The maximum Gasteiger partial charge on any atom is 0.0641 e. The number of rotatable bonds is 10. The fourth-order valence-electron chi connectivity index (χ4n) is 2.17. The first kappa shape index (κ1) is 17.5. The highest BCUT2D eigenvalue weighted by Gasteiger charge is 2.10. The third-order valence-electron chi connectivity index (χ3n) is 3.22. The minimum Gasteiger partial charge on any atom is -0.380 e. The zero-order chi connectivity index (χ0) is 14.8. The van der Waals surface area contributed by atoms with Gasteiger partial charge in [-0.2, -0.15) is 0 Å². The Kier molecular flexibility index (Phi) is 8.90. The van der Waals surface area contributed by atoms with E-state index in [0.717, 1.165) is 50.3 Å². The van der Waals surface area contributed by atoms with Crippen LogP contribution < -0.4 is 10.2 Å². The van der Waals surface area contributed by atoms with Gasteiger partial charge in [0, 0.05) is 36.4 Å². The Labute approximate surface area is 131 Å². The van der Waals surface area contributed by atoms with E-state index >= 15 is 0 Å². The molecule has 3 nitrogen and oxygen atoms in total. The third kappa shape index (κ3) is 5.81. The summed E-state index contributed by atoms with van der Waals surface area (Å²) in [4.78, 5) is 2.38. The number of likely N-dealkylation sites (N-methyl/N-ethyl adjacent to an activating group) is 1. The van der Waals surface area contributed by atoms with Crippen molar-refractivity contribution in [2.24, 2.45) is 0 Å². The SMILES string of the molecule is CCCNCc1cc(Br)ccc1N(CC)CCOCC. The Morgan fingerprint density at radius 1 is 1.25 bits per heavy atom. The first-order chi connectivity index (χ1) is 9.72. The van der Waals surface area contributed by atoms with Crippen molar-refractivity contribution < 1.29 is 4.74 Å². The average molecular weight is 343 g/mol. The molecule has 1 N–H and O–H groups in total. The van der Waals surface area contributed by atoms with Gasteiger partial charge in [-0.3, -0.25) is 0 Å². The molecule has 0 heterocycles. The molecule has 1 aromatic carbocycles. The molecule has 0 aliphatic heterocycles. The van der Waals surface area contributed by atoms with Crippen LogP contribution in [0.3, 0.4) is 0 Å². The third-order valence-corrected chi connectivity index (χ3v) is 3.71. The highest BCUT2D eigenvalue weighted by atomic mass is 79.9. The van der Waals surface area contributed by atoms with Gasteiger partial charge in [-0.15, -0.1) is 0 Å². The van der Waals surface area contributed by atoms with Gasteiger partial charge in [0.15, 0.2) is 0 Å². The highest BCUT2D eigenvalue weighted by Crippen LogP contribution is 2.24. The lowest BCUT2D eigenvalue weighted by molar-refractivity contribution is 0.154. The van der Waals surface area contributed by atoms with Gasteiger partial charge in [0.2, 0.25) is 0 Å². The van der Waals surface area contributed by atoms with Crippen LogP contribution in [0, 0.1) is 0 Å². The van der Waals surface area contributed by atoms with Crippen molar-refractivity contribution >= 4 is 21.6 Å². The molecule has 0 aromatic heterocycles. The summed E-state index contributed by atoms with van der Waals surface area (Å²) in [6.07, 6.45) is 1.16. The van der Waals surface area contributed by atoms with Gasteiger partial charge >= 0.3 is 0 Å². The summed E-state index contributed by atoms with van der Waals surface area (Å²) in [6.45, 7) is 11.9. The number of nitrogens with one attached hydrogen (secondary N) is 1. The predicted molar refractivity (Wildman–Crippen MR) is 90.5 cm³/mol. The highest BCUT2D eigenvalue weighted by molar-refractivity contribution is 9.10. The van der Waals surface area contributed by atoms with Crippen LogP contribution in [0.1, 0.15) is 32.8 Å². The van der Waals surface area contributed by atoms with Crippen LogP contribution in [-0.4, -0.2) is 32.8 Å². The van der Waals surface area contributed by atoms with E-state index in [1.54, 1.807) is 0 Å². The van der Waals surface area contributed by atoms with Gasteiger partial charge in [-0.05, 0) is 50.6 Å². The van der Waals surface area contributed by atoms with Gasteiger partial charge in [0.25, 0.3) is 0 Å². The van der Waals surface area contributed by atoms with Crippen molar-refractivity contribution in [1.82, 2.24) is 5.32 Å². The van der Waals surface area contributed by atoms with Crippen LogP contribution in [-0.2, 0) is 11.3 Å². The molecule has 1 aromatic rings. The van der Waals surface area contributed by atoms with Crippen LogP contribution in [0.15, 0.2) is 22.7 Å². The lowest BCUT2D eigenvalue weighted by Gasteiger charge is -2.26. The summed E-state index contributed by atoms with van der Waals surface area (Å²) in [5.74, 6) is 0. The number of anilines is 1. The summed E-state index contributed by atoms with van der Waals surface area (Å²) in [7, 11) is 0. The molecule has 0 radical (unpaired) electrons. The van der Waals surface area contributed by atoms with Crippen molar-refractivity contribution in [2.75, 3.05) is 37.7 Å². The standard InChI is InChI=1S/C16H27BrN2O/c1-4-9-18-13-14-12-15(17)7-8-16(14)19(5-2)10-11-20-6-3/h7-8,12,18H,4-6,9-11,13H2,1-3H3. The number of ether oxygens (including phenoxy) is 1. The number of halogens is 1. The van der Waals surface area contributed by atoms with Crippen molar-refractivity contribution in [3.63, 3.8) is 0 Å². The van der Waals surface area contributed by atoms with E-state index in [1.807, 2.05) is 6.92 Å². The number of hydrogen-bond acceptors (Lipinski definition) is 3. The molecule has 1 rings (SSSR count). The van der Waals surface area contributed by atoms with Crippen LogP contribution in [0.4, 0.5) is 5.69 Å². The predicted octanol–water partition coefficient (Wildman–Crippen LogP) is 3.81. The largest absolute Gasteiger partial charge is 0.380 e. The number of benzene rings is 1. The summed E-state index contributed by atoms with van der Waals surface area (Å²) in [5.41, 5.74) is 2.64. The quantitative estimate of drug-likeness (QED) is 0.654. The van der Waals surface area contributed by atoms with Gasteiger partial charge in [0.1, 0.15) is 0 Å². The Balaban J connectivity index is 2.78. The number of nitrogens with zero attached hydrogens (tertiary/aromatic N) is 1. The van der Waals surface area contributed by atoms with E-state index in [0.29, 0.717) is 0 Å². The smallest absolute Gasteiger partial charge is 0.0641 e. The van der Waals surface area contributed by atoms with E-state index in [1.165, 1.54) is 11.3 Å². The van der Waals surface area contributed by atoms with Crippen molar-refractivity contribution in [2.45, 2.75) is 33.7 Å². The summed E-state index contributed by atoms with van der Waals surface area (Å²) in [6, 6.07) is 6.52. The second-order valence-electron chi connectivity index (χ2n) is 4.73. The molecule has 0 fully saturated rings. The van der Waals surface area contributed by atoms with E-state index in [-0.39, 0.29) is 0 Å². The Morgan fingerprint density at radius 2 is 2.05 bits per heavy atom. The monoisotopic (exact) mass is 342 g/mol. The molecule has 0 aliphatic rings. The molecule has 0 bridgehead atoms. The molecule has 0 aliphatic carbocycles. The van der Waals surface area contributed by atoms with Crippen molar-refractivity contribution in [3.05, 3.63) is 28.2 Å². The van der Waals surface area contributed by atoms with Crippen LogP contribution >= 0.6 is 15.9 Å². The first-order valence-corrected chi connectivity index (χ1v) is 8.34. The molecular weight excluding hydrogens is 316 g/mol. The fourth-order valence-corrected chi connectivity index (χ4v) is 2.58. The van der Waals surface area contributed by atoms with Crippen molar-refractivity contribution in [3.8, 4) is 0 Å². The second kappa shape index (κ2) is 10.2. The molecule has 0 spiro atoms. The molecule has 0 unspecified atom stereocenters. The van der Waals surface area contributed by atoms with E-state index < -0.39 is 0 Å². The van der Waals surface area contributed by atoms with Gasteiger partial charge in [-0.25, -0.2) is 0 Å². The van der Waals surface area contributed by atoms with Crippen molar-refractivity contribution in [1.29, 1.82) is 0 Å². The maximum absolute atomic E-state index is 5.48. The Morgan fingerprint density at radius 3 is 2.70 bits per heavy atom. The topological polar surface area (TPSA) is 24.5 Å². The first-order valence-electron chi connectivity index (χ1n) is 7.54. The lowest BCUT2D eigenvalue weighted by Crippen LogP contribution is -2.29. The van der Waals surface area contributed by atoms with E-state index in [2.05, 4.69) is 58.2 Å². The Bertz CT molecular complexity index is 385. The molecule has 20 heavy (non-hydrogen) atoms. The molecule has 0 amide bonds. The Hall–Kier alpha value is -0.580. The summed E-state index contributed by atoms with van der Waals surface area (Å²) >= 11 is 3.57. The molecule has 114 valence electrons. The summed E-state index contributed by atoms with van der Waals surface area (Å²) in [5, 5.41) is 3.49. The maximum atomic E-state index is 5.48. The lowest BCUT2D eigenvalue weighted by atomic mass is 10.1. The van der Waals surface area contributed by atoms with Crippen LogP contribution in [0.25, 0.3) is 0 Å².